The first kappa shape index (κ1) is 24.0. The second kappa shape index (κ2) is 11.4. The number of carbonyl (C=O) groups is 2. The molecule has 0 fully saturated rings. The Morgan fingerprint density at radius 3 is 2.03 bits per heavy atom. The van der Waals surface area contributed by atoms with Gasteiger partial charge in [-0.05, 0) is 47.0 Å². The molecule has 0 heterocycles. The number of amides is 1. The van der Waals surface area contributed by atoms with Gasteiger partial charge in [-0.1, -0.05) is 84.4 Å². The number of carbonyl (C=O) groups excluding carboxylic acids is 1. The van der Waals surface area contributed by atoms with E-state index in [9.17, 15) is 14.7 Å². The molecule has 5 nitrogen and oxygen atoms in total. The van der Waals surface area contributed by atoms with Gasteiger partial charge in [-0.2, -0.15) is 0 Å². The van der Waals surface area contributed by atoms with Crippen LogP contribution in [0.3, 0.4) is 0 Å². The van der Waals surface area contributed by atoms with Crippen LogP contribution in [-0.2, 0) is 17.8 Å². The van der Waals surface area contributed by atoms with Crippen LogP contribution in [0.15, 0.2) is 103 Å². The van der Waals surface area contributed by atoms with Gasteiger partial charge < -0.3 is 15.2 Å². The Kier molecular flexibility index (Phi) is 7.81. The summed E-state index contributed by atoms with van der Waals surface area (Å²) in [7, 11) is 0. The van der Waals surface area contributed by atoms with Crippen LogP contribution in [0.2, 0.25) is 5.02 Å². The number of ether oxygens (including phenoxy) is 1. The Bertz CT molecular complexity index is 1290. The highest BCUT2D eigenvalue weighted by Crippen LogP contribution is 2.24. The zero-order chi connectivity index (χ0) is 24.6. The lowest BCUT2D eigenvalue weighted by molar-refractivity contribution is -0.139. The van der Waals surface area contributed by atoms with Crippen molar-refractivity contribution in [3.8, 4) is 16.9 Å². The Labute approximate surface area is 209 Å². The van der Waals surface area contributed by atoms with Gasteiger partial charge in [0.25, 0.3) is 5.91 Å². The second-order valence-electron chi connectivity index (χ2n) is 8.04. The van der Waals surface area contributed by atoms with Crippen molar-refractivity contribution < 1.29 is 19.4 Å². The van der Waals surface area contributed by atoms with Gasteiger partial charge >= 0.3 is 5.97 Å². The summed E-state index contributed by atoms with van der Waals surface area (Å²) in [5.74, 6) is -0.776. The Morgan fingerprint density at radius 1 is 0.800 bits per heavy atom. The van der Waals surface area contributed by atoms with Gasteiger partial charge in [0.2, 0.25) is 0 Å². The van der Waals surface area contributed by atoms with Crippen LogP contribution in [0, 0.1) is 0 Å². The van der Waals surface area contributed by atoms with Crippen molar-refractivity contribution in [2.45, 2.75) is 19.1 Å². The first-order valence-corrected chi connectivity index (χ1v) is 11.5. The van der Waals surface area contributed by atoms with Crippen LogP contribution < -0.4 is 10.1 Å². The molecule has 176 valence electrons. The van der Waals surface area contributed by atoms with Gasteiger partial charge in [0.05, 0.1) is 0 Å². The van der Waals surface area contributed by atoms with Crippen molar-refractivity contribution >= 4 is 23.5 Å². The molecule has 0 radical (unpaired) electrons. The fourth-order valence-corrected chi connectivity index (χ4v) is 3.82. The molecule has 0 aliphatic carbocycles. The van der Waals surface area contributed by atoms with Crippen molar-refractivity contribution in [3.05, 3.63) is 125 Å². The first-order valence-electron chi connectivity index (χ1n) is 11.1. The smallest absolute Gasteiger partial charge is 0.326 e. The highest BCUT2D eigenvalue weighted by Gasteiger charge is 2.21. The van der Waals surface area contributed by atoms with Crippen LogP contribution in [0.1, 0.15) is 21.5 Å². The lowest BCUT2D eigenvalue weighted by Gasteiger charge is -2.15. The minimum atomic E-state index is -1.07. The highest BCUT2D eigenvalue weighted by atomic mass is 35.5. The van der Waals surface area contributed by atoms with E-state index in [1.54, 1.807) is 12.1 Å². The molecule has 2 N–H and O–H groups in total. The third-order valence-electron chi connectivity index (χ3n) is 5.57. The monoisotopic (exact) mass is 485 g/mol. The number of carboxylic acids is 1. The lowest BCUT2D eigenvalue weighted by Crippen LogP contribution is -2.42. The molecule has 0 saturated heterocycles. The standard InChI is InChI=1S/C29H24ClNO4/c30-26-9-5-4-8-24(26)19-35-25-16-14-22(15-17-25)21-10-12-23(13-11-21)28(32)31-27(29(33)34)18-20-6-2-1-3-7-20/h1-17,27H,18-19H2,(H,31,32)(H,33,34). The molecular weight excluding hydrogens is 462 g/mol. The van der Waals surface area contributed by atoms with Crippen molar-refractivity contribution in [1.82, 2.24) is 5.32 Å². The number of benzene rings is 4. The summed E-state index contributed by atoms with van der Waals surface area (Å²) in [6, 6.07) is 30.5. The summed E-state index contributed by atoms with van der Waals surface area (Å²) < 4.78 is 5.83. The Balaban J connectivity index is 1.37. The van der Waals surface area contributed by atoms with Crippen molar-refractivity contribution in [2.75, 3.05) is 0 Å². The third kappa shape index (κ3) is 6.49. The SMILES string of the molecule is O=C(NC(Cc1ccccc1)C(=O)O)c1ccc(-c2ccc(OCc3ccccc3Cl)cc2)cc1. The van der Waals surface area contributed by atoms with Crippen LogP contribution in [-0.4, -0.2) is 23.0 Å². The van der Waals surface area contributed by atoms with Crippen LogP contribution in [0.4, 0.5) is 0 Å². The van der Waals surface area contributed by atoms with E-state index >= 15 is 0 Å². The van der Waals surface area contributed by atoms with E-state index in [4.69, 9.17) is 16.3 Å². The van der Waals surface area contributed by atoms with E-state index in [0.717, 1.165) is 28.0 Å². The van der Waals surface area contributed by atoms with E-state index in [2.05, 4.69) is 5.32 Å². The van der Waals surface area contributed by atoms with E-state index in [1.165, 1.54) is 0 Å². The molecule has 0 saturated carbocycles. The molecule has 0 bridgehead atoms. The summed E-state index contributed by atoms with van der Waals surface area (Å²) in [5.41, 5.74) is 4.05. The Morgan fingerprint density at radius 2 is 1.40 bits per heavy atom. The van der Waals surface area contributed by atoms with Gasteiger partial charge in [0.15, 0.2) is 0 Å². The Hall–Kier alpha value is -4.09. The summed E-state index contributed by atoms with van der Waals surface area (Å²) >= 11 is 6.17. The highest BCUT2D eigenvalue weighted by molar-refractivity contribution is 6.31. The van der Waals surface area contributed by atoms with Gasteiger partial charge in [-0.3, -0.25) is 4.79 Å². The molecule has 4 aromatic rings. The molecule has 1 amide bonds. The van der Waals surface area contributed by atoms with Gasteiger partial charge in [-0.25, -0.2) is 4.79 Å². The second-order valence-corrected chi connectivity index (χ2v) is 8.44. The molecule has 1 atom stereocenters. The average Bonchev–Trinajstić information content (AvgIpc) is 2.89. The molecule has 4 rings (SSSR count). The maximum atomic E-state index is 12.7. The molecule has 0 aliphatic rings. The predicted molar refractivity (Wildman–Crippen MR) is 137 cm³/mol. The van der Waals surface area contributed by atoms with Gasteiger partial charge in [0.1, 0.15) is 18.4 Å². The molecule has 35 heavy (non-hydrogen) atoms. The number of nitrogens with one attached hydrogen (secondary N) is 1. The van der Waals surface area contributed by atoms with Crippen molar-refractivity contribution in [3.63, 3.8) is 0 Å². The van der Waals surface area contributed by atoms with E-state index in [0.29, 0.717) is 17.2 Å². The number of carboxylic acid groups (broad SMARTS) is 1. The molecule has 0 aromatic heterocycles. The fraction of sp³-hybridized carbons (Fsp3) is 0.103. The zero-order valence-corrected chi connectivity index (χ0v) is 19.6. The van der Waals surface area contributed by atoms with Gasteiger partial charge in [-0.15, -0.1) is 0 Å². The van der Waals surface area contributed by atoms with E-state index < -0.39 is 17.9 Å². The molecule has 4 aromatic carbocycles. The first-order chi connectivity index (χ1) is 17.0. The number of hydrogen-bond acceptors (Lipinski definition) is 3. The van der Waals surface area contributed by atoms with Gasteiger partial charge in [0, 0.05) is 22.6 Å². The average molecular weight is 486 g/mol. The van der Waals surface area contributed by atoms with Crippen molar-refractivity contribution in [1.29, 1.82) is 0 Å². The summed E-state index contributed by atoms with van der Waals surface area (Å²) in [6.07, 6.45) is 0.213. The normalized spacial score (nSPS) is 11.5. The molecule has 0 spiro atoms. The number of hydrogen-bond donors (Lipinski definition) is 2. The predicted octanol–water partition coefficient (Wildman–Crippen LogP) is 6.01. The number of halogens is 1. The topological polar surface area (TPSA) is 75.6 Å². The summed E-state index contributed by atoms with van der Waals surface area (Å²) in [4.78, 5) is 24.3. The maximum absolute atomic E-state index is 12.7. The number of rotatable bonds is 9. The molecule has 0 aliphatic heterocycles. The summed E-state index contributed by atoms with van der Waals surface area (Å²) in [6.45, 7) is 0.379. The molecule has 6 heteroatoms. The van der Waals surface area contributed by atoms with Crippen LogP contribution in [0.5, 0.6) is 5.75 Å². The lowest BCUT2D eigenvalue weighted by atomic mass is 10.0. The molecular formula is C29H24ClNO4. The maximum Gasteiger partial charge on any atom is 0.326 e. The summed E-state index contributed by atoms with van der Waals surface area (Å²) in [5, 5.41) is 12.8. The van der Waals surface area contributed by atoms with E-state index in [1.807, 2.05) is 91.0 Å². The number of aliphatic carboxylic acids is 1. The third-order valence-corrected chi connectivity index (χ3v) is 5.94. The quantitative estimate of drug-likeness (QED) is 0.304. The largest absolute Gasteiger partial charge is 0.489 e. The van der Waals surface area contributed by atoms with Crippen LogP contribution >= 0.6 is 11.6 Å². The molecule has 1 unspecified atom stereocenters. The minimum absolute atomic E-state index is 0.213. The van der Waals surface area contributed by atoms with Crippen LogP contribution in [0.25, 0.3) is 11.1 Å². The van der Waals surface area contributed by atoms with Crippen molar-refractivity contribution in [2.24, 2.45) is 0 Å². The zero-order valence-electron chi connectivity index (χ0n) is 18.9. The fourth-order valence-electron chi connectivity index (χ4n) is 3.63. The minimum Gasteiger partial charge on any atom is -0.489 e. The van der Waals surface area contributed by atoms with E-state index in [-0.39, 0.29) is 6.42 Å².